The number of alkyl halides is 3. The fourth-order valence-electron chi connectivity index (χ4n) is 2.55. The van der Waals surface area contributed by atoms with Crippen molar-refractivity contribution in [3.8, 4) is 0 Å². The lowest BCUT2D eigenvalue weighted by Gasteiger charge is -2.06. The normalized spacial score (nSPS) is 11.7. The number of halogens is 7. The number of amides is 1. The van der Waals surface area contributed by atoms with Crippen LogP contribution < -0.4 is 5.32 Å². The molecule has 2 heterocycles. The standard InChI is InChI=1S/C17H12BrCl3F3N5O/c1-8-14(18)15(17(22,23)24)26-29(8)7-13(30)25-16-12(21)6-28(27-16)5-9-2-3-10(19)11(20)4-9/h2-4,6H,5,7H2,1H3,(H,25,27,30). The maximum atomic E-state index is 13.0. The van der Waals surface area contributed by atoms with Gasteiger partial charge in [-0.1, -0.05) is 40.9 Å². The van der Waals surface area contributed by atoms with Crippen molar-refractivity contribution < 1.29 is 18.0 Å². The van der Waals surface area contributed by atoms with Gasteiger partial charge in [-0.05, 0) is 40.5 Å². The van der Waals surface area contributed by atoms with E-state index in [-0.39, 0.29) is 21.0 Å². The van der Waals surface area contributed by atoms with E-state index >= 15 is 0 Å². The fourth-order valence-corrected chi connectivity index (χ4v) is 3.58. The van der Waals surface area contributed by atoms with E-state index in [1.165, 1.54) is 17.8 Å². The van der Waals surface area contributed by atoms with Crippen molar-refractivity contribution in [2.24, 2.45) is 0 Å². The summed E-state index contributed by atoms with van der Waals surface area (Å²) in [6, 6.07) is 5.08. The Kier molecular flexibility index (Phi) is 6.71. The van der Waals surface area contributed by atoms with Gasteiger partial charge in [0.25, 0.3) is 0 Å². The number of benzene rings is 1. The van der Waals surface area contributed by atoms with E-state index in [9.17, 15) is 18.0 Å². The van der Waals surface area contributed by atoms with E-state index in [0.29, 0.717) is 16.6 Å². The van der Waals surface area contributed by atoms with Crippen LogP contribution in [0.4, 0.5) is 19.0 Å². The van der Waals surface area contributed by atoms with Gasteiger partial charge in [-0.15, -0.1) is 0 Å². The van der Waals surface area contributed by atoms with E-state index in [1.807, 2.05) is 0 Å². The van der Waals surface area contributed by atoms with Gasteiger partial charge in [0.05, 0.1) is 26.8 Å². The van der Waals surface area contributed by atoms with Crippen LogP contribution in [0.3, 0.4) is 0 Å². The minimum atomic E-state index is -4.64. The Labute approximate surface area is 192 Å². The average Bonchev–Trinajstić information content (AvgIpc) is 3.12. The number of anilines is 1. The van der Waals surface area contributed by atoms with Crippen molar-refractivity contribution in [1.82, 2.24) is 19.6 Å². The maximum absolute atomic E-state index is 13.0. The van der Waals surface area contributed by atoms with Crippen molar-refractivity contribution in [1.29, 1.82) is 0 Å². The van der Waals surface area contributed by atoms with Crippen LogP contribution in [0.5, 0.6) is 0 Å². The van der Waals surface area contributed by atoms with Gasteiger partial charge >= 0.3 is 6.18 Å². The van der Waals surface area contributed by atoms with Gasteiger partial charge in [-0.3, -0.25) is 14.2 Å². The van der Waals surface area contributed by atoms with Gasteiger partial charge in [0.15, 0.2) is 11.5 Å². The van der Waals surface area contributed by atoms with Crippen molar-refractivity contribution >= 4 is 62.5 Å². The van der Waals surface area contributed by atoms with Crippen molar-refractivity contribution in [3.63, 3.8) is 0 Å². The lowest BCUT2D eigenvalue weighted by molar-refractivity contribution is -0.142. The van der Waals surface area contributed by atoms with Crippen LogP contribution in [0.2, 0.25) is 15.1 Å². The molecule has 2 aromatic heterocycles. The van der Waals surface area contributed by atoms with Crippen LogP contribution in [0.1, 0.15) is 17.0 Å². The highest BCUT2D eigenvalue weighted by atomic mass is 79.9. The summed E-state index contributed by atoms with van der Waals surface area (Å²) in [5.41, 5.74) is -0.136. The molecule has 0 spiro atoms. The molecular formula is C17H12BrCl3F3N5O. The summed E-state index contributed by atoms with van der Waals surface area (Å²) < 4.78 is 41.1. The lowest BCUT2D eigenvalue weighted by atomic mass is 10.2. The monoisotopic (exact) mass is 543 g/mol. The molecule has 13 heteroatoms. The second kappa shape index (κ2) is 8.78. The molecule has 3 rings (SSSR count). The molecular weight excluding hydrogens is 533 g/mol. The van der Waals surface area contributed by atoms with Crippen LogP contribution in [-0.4, -0.2) is 25.5 Å². The molecule has 6 nitrogen and oxygen atoms in total. The van der Waals surface area contributed by atoms with Gasteiger partial charge in [0.1, 0.15) is 11.6 Å². The van der Waals surface area contributed by atoms with Crippen LogP contribution in [0.15, 0.2) is 28.9 Å². The van der Waals surface area contributed by atoms with Gasteiger partial charge < -0.3 is 5.32 Å². The Morgan fingerprint density at radius 1 is 1.17 bits per heavy atom. The summed E-state index contributed by atoms with van der Waals surface area (Å²) >= 11 is 20.8. The molecule has 0 saturated carbocycles. The smallest absolute Gasteiger partial charge is 0.306 e. The largest absolute Gasteiger partial charge is 0.436 e. The third-order valence-electron chi connectivity index (χ3n) is 4.00. The second-order valence-corrected chi connectivity index (χ2v) is 8.24. The number of hydrogen-bond acceptors (Lipinski definition) is 3. The van der Waals surface area contributed by atoms with Crippen molar-refractivity contribution in [3.05, 3.63) is 60.9 Å². The predicted octanol–water partition coefficient (Wildman–Crippen LogP) is 5.82. The molecule has 0 radical (unpaired) electrons. The molecule has 0 aliphatic rings. The first-order valence-electron chi connectivity index (χ1n) is 8.22. The number of nitrogens with one attached hydrogen (secondary N) is 1. The van der Waals surface area contributed by atoms with E-state index in [4.69, 9.17) is 34.8 Å². The molecule has 30 heavy (non-hydrogen) atoms. The summed E-state index contributed by atoms with van der Waals surface area (Å²) in [7, 11) is 0. The molecule has 1 amide bonds. The summed E-state index contributed by atoms with van der Waals surface area (Å²) in [4.78, 5) is 12.3. The van der Waals surface area contributed by atoms with Gasteiger partial charge in [-0.2, -0.15) is 23.4 Å². The van der Waals surface area contributed by atoms with Crippen LogP contribution in [0.25, 0.3) is 0 Å². The number of carbonyl (C=O) groups excluding carboxylic acids is 1. The van der Waals surface area contributed by atoms with E-state index in [1.54, 1.807) is 18.2 Å². The topological polar surface area (TPSA) is 64.7 Å². The van der Waals surface area contributed by atoms with E-state index < -0.39 is 24.3 Å². The second-order valence-electron chi connectivity index (χ2n) is 6.22. The minimum Gasteiger partial charge on any atom is -0.306 e. The van der Waals surface area contributed by atoms with Crippen molar-refractivity contribution in [2.45, 2.75) is 26.2 Å². The summed E-state index contributed by atoms with van der Waals surface area (Å²) in [5, 5.41) is 11.1. The first-order chi connectivity index (χ1) is 14.0. The molecule has 0 fully saturated rings. The predicted molar refractivity (Wildman–Crippen MR) is 111 cm³/mol. The summed E-state index contributed by atoms with van der Waals surface area (Å²) in [6.45, 7) is 1.28. The molecule has 0 aliphatic heterocycles. The van der Waals surface area contributed by atoms with Crippen LogP contribution in [0, 0.1) is 6.92 Å². The van der Waals surface area contributed by atoms with Crippen LogP contribution in [-0.2, 0) is 24.1 Å². The first kappa shape index (κ1) is 22.9. The Morgan fingerprint density at radius 3 is 2.47 bits per heavy atom. The van der Waals surface area contributed by atoms with Gasteiger partial charge in [0.2, 0.25) is 5.91 Å². The quantitative estimate of drug-likeness (QED) is 0.440. The third-order valence-corrected chi connectivity index (χ3v) is 5.96. The highest BCUT2D eigenvalue weighted by Gasteiger charge is 2.38. The zero-order chi connectivity index (χ0) is 22.2. The Morgan fingerprint density at radius 2 is 1.87 bits per heavy atom. The molecule has 3 aromatic rings. The number of aromatic nitrogens is 4. The molecule has 0 aliphatic carbocycles. The van der Waals surface area contributed by atoms with E-state index in [0.717, 1.165) is 10.2 Å². The van der Waals surface area contributed by atoms with Crippen molar-refractivity contribution in [2.75, 3.05) is 5.32 Å². The fraction of sp³-hybridized carbons (Fsp3) is 0.235. The molecule has 1 N–H and O–H groups in total. The molecule has 0 saturated heterocycles. The number of hydrogen-bond donors (Lipinski definition) is 1. The Hall–Kier alpha value is -1.75. The first-order valence-corrected chi connectivity index (χ1v) is 10.1. The zero-order valence-corrected chi connectivity index (χ0v) is 18.9. The highest BCUT2D eigenvalue weighted by Crippen LogP contribution is 2.35. The summed E-state index contributed by atoms with van der Waals surface area (Å²) in [5.74, 6) is -0.565. The highest BCUT2D eigenvalue weighted by molar-refractivity contribution is 9.10. The lowest BCUT2D eigenvalue weighted by Crippen LogP contribution is -2.21. The molecule has 0 unspecified atom stereocenters. The van der Waals surface area contributed by atoms with Crippen LogP contribution >= 0.6 is 50.7 Å². The molecule has 0 bridgehead atoms. The van der Waals surface area contributed by atoms with E-state index in [2.05, 4.69) is 31.4 Å². The number of nitrogens with zero attached hydrogens (tertiary/aromatic N) is 4. The number of carbonyl (C=O) groups is 1. The number of rotatable bonds is 5. The Balaban J connectivity index is 1.71. The maximum Gasteiger partial charge on any atom is 0.436 e. The average molecular weight is 546 g/mol. The summed E-state index contributed by atoms with van der Waals surface area (Å²) in [6.07, 6.45) is -3.14. The molecule has 160 valence electrons. The Bertz CT molecular complexity index is 1110. The van der Waals surface area contributed by atoms with Gasteiger partial charge in [-0.25, -0.2) is 0 Å². The van der Waals surface area contributed by atoms with Gasteiger partial charge in [0, 0.05) is 6.20 Å². The third kappa shape index (κ3) is 5.11. The SMILES string of the molecule is Cc1c(Br)c(C(F)(F)F)nn1CC(=O)Nc1nn(Cc2ccc(Cl)c(Cl)c2)cc1Cl. The zero-order valence-electron chi connectivity index (χ0n) is 15.1. The molecule has 1 aromatic carbocycles. The minimum absolute atomic E-state index is 0.0710. The molecule has 0 atom stereocenters.